The van der Waals surface area contributed by atoms with Crippen molar-refractivity contribution in [1.82, 2.24) is 4.90 Å². The number of nitrogens with zero attached hydrogens (tertiary/aromatic N) is 2. The molecule has 0 saturated carbocycles. The maximum atomic E-state index is 12.7. The zero-order chi connectivity index (χ0) is 17.1. The van der Waals surface area contributed by atoms with Crippen molar-refractivity contribution in [3.8, 4) is 0 Å². The molecule has 1 N–H and O–H groups in total. The molecular formula is C18H22ClN3OS. The summed E-state index contributed by atoms with van der Waals surface area (Å²) in [5.41, 5.74) is 2.91. The first-order valence-electron chi connectivity index (χ1n) is 8.19. The maximum Gasteiger partial charge on any atom is 0.266 e. The van der Waals surface area contributed by atoms with E-state index in [1.165, 1.54) is 11.3 Å². The third-order valence-corrected chi connectivity index (χ3v) is 5.58. The summed E-state index contributed by atoms with van der Waals surface area (Å²) in [7, 11) is 2.13. The quantitative estimate of drug-likeness (QED) is 0.892. The number of likely N-dealkylation sites (N-methyl/N-ethyl adjacent to an activating group) is 1. The van der Waals surface area contributed by atoms with Crippen molar-refractivity contribution in [2.75, 3.05) is 43.4 Å². The van der Waals surface area contributed by atoms with E-state index in [0.29, 0.717) is 5.02 Å². The number of benzene rings is 1. The SMILES string of the molecule is CCc1ccsc1C(=O)Nc1cc(Cl)ccc1N1CCN(C)CC1. The summed E-state index contributed by atoms with van der Waals surface area (Å²) < 4.78 is 0. The maximum absolute atomic E-state index is 12.7. The molecule has 2 heterocycles. The van der Waals surface area contributed by atoms with Crippen molar-refractivity contribution in [2.45, 2.75) is 13.3 Å². The number of anilines is 2. The van der Waals surface area contributed by atoms with Crippen LogP contribution < -0.4 is 10.2 Å². The molecule has 1 amide bonds. The molecule has 0 aliphatic carbocycles. The van der Waals surface area contributed by atoms with Crippen LogP contribution in [0.2, 0.25) is 5.02 Å². The van der Waals surface area contributed by atoms with Crippen LogP contribution >= 0.6 is 22.9 Å². The summed E-state index contributed by atoms with van der Waals surface area (Å²) >= 11 is 7.65. The monoisotopic (exact) mass is 363 g/mol. The lowest BCUT2D eigenvalue weighted by Crippen LogP contribution is -2.44. The summed E-state index contributed by atoms with van der Waals surface area (Å²) in [6, 6.07) is 7.73. The number of carbonyl (C=O) groups excluding carboxylic acids is 1. The molecule has 0 bridgehead atoms. The van der Waals surface area contributed by atoms with Gasteiger partial charge in [-0.1, -0.05) is 18.5 Å². The van der Waals surface area contributed by atoms with E-state index in [1.807, 2.05) is 29.6 Å². The third-order valence-electron chi connectivity index (χ3n) is 4.38. The molecule has 1 aromatic carbocycles. The van der Waals surface area contributed by atoms with Crippen LogP contribution in [0.15, 0.2) is 29.6 Å². The van der Waals surface area contributed by atoms with Crippen LogP contribution in [0.1, 0.15) is 22.2 Å². The summed E-state index contributed by atoms with van der Waals surface area (Å²) in [5, 5.41) is 5.66. The molecule has 6 heteroatoms. The van der Waals surface area contributed by atoms with E-state index in [-0.39, 0.29) is 5.91 Å². The zero-order valence-electron chi connectivity index (χ0n) is 14.0. The van der Waals surface area contributed by atoms with Crippen molar-refractivity contribution in [3.63, 3.8) is 0 Å². The average molecular weight is 364 g/mol. The van der Waals surface area contributed by atoms with E-state index in [0.717, 1.165) is 54.4 Å². The van der Waals surface area contributed by atoms with Crippen molar-refractivity contribution in [2.24, 2.45) is 0 Å². The number of halogens is 1. The normalized spacial score (nSPS) is 15.5. The Balaban J connectivity index is 1.84. The molecule has 0 unspecified atom stereocenters. The number of nitrogens with one attached hydrogen (secondary N) is 1. The average Bonchev–Trinajstić information content (AvgIpc) is 3.05. The Hall–Kier alpha value is -1.56. The highest BCUT2D eigenvalue weighted by Crippen LogP contribution is 2.31. The summed E-state index contributed by atoms with van der Waals surface area (Å²) in [6.07, 6.45) is 0.854. The van der Waals surface area contributed by atoms with Gasteiger partial charge in [-0.2, -0.15) is 0 Å². The minimum atomic E-state index is -0.0560. The van der Waals surface area contributed by atoms with Gasteiger partial charge in [0.2, 0.25) is 0 Å². The van der Waals surface area contributed by atoms with Gasteiger partial charge < -0.3 is 15.1 Å². The second kappa shape index (κ2) is 7.55. The van der Waals surface area contributed by atoms with Gasteiger partial charge in [0.15, 0.2) is 0 Å². The van der Waals surface area contributed by atoms with E-state index in [4.69, 9.17) is 11.6 Å². The minimum absolute atomic E-state index is 0.0560. The first kappa shape index (κ1) is 17.3. The molecule has 0 radical (unpaired) electrons. The Morgan fingerprint density at radius 3 is 2.71 bits per heavy atom. The molecule has 1 aliphatic heterocycles. The van der Waals surface area contributed by atoms with E-state index in [1.54, 1.807) is 0 Å². The van der Waals surface area contributed by atoms with Gasteiger partial charge in [0.1, 0.15) is 0 Å². The molecule has 128 valence electrons. The Labute approximate surface area is 152 Å². The van der Waals surface area contributed by atoms with Gasteiger partial charge in [-0.25, -0.2) is 0 Å². The molecule has 24 heavy (non-hydrogen) atoms. The van der Waals surface area contributed by atoms with Crippen molar-refractivity contribution >= 4 is 40.2 Å². The lowest BCUT2D eigenvalue weighted by molar-refractivity contribution is 0.103. The fourth-order valence-corrected chi connectivity index (χ4v) is 3.99. The highest BCUT2D eigenvalue weighted by molar-refractivity contribution is 7.12. The molecule has 0 spiro atoms. The van der Waals surface area contributed by atoms with Crippen LogP contribution in [0.25, 0.3) is 0 Å². The Morgan fingerprint density at radius 2 is 2.00 bits per heavy atom. The molecule has 1 fully saturated rings. The predicted octanol–water partition coefficient (Wildman–Crippen LogP) is 3.97. The molecule has 1 aromatic heterocycles. The first-order valence-corrected chi connectivity index (χ1v) is 9.45. The number of hydrogen-bond acceptors (Lipinski definition) is 4. The predicted molar refractivity (Wildman–Crippen MR) is 103 cm³/mol. The van der Waals surface area contributed by atoms with Crippen LogP contribution in [0.4, 0.5) is 11.4 Å². The third kappa shape index (κ3) is 3.74. The fourth-order valence-electron chi connectivity index (χ4n) is 2.92. The Bertz CT molecular complexity index is 723. The molecule has 2 aromatic rings. The number of carbonyl (C=O) groups is 1. The molecule has 4 nitrogen and oxygen atoms in total. The van der Waals surface area contributed by atoms with E-state index in [9.17, 15) is 4.79 Å². The second-order valence-corrected chi connectivity index (χ2v) is 7.39. The van der Waals surface area contributed by atoms with Gasteiger partial charge in [0.25, 0.3) is 5.91 Å². The molecular weight excluding hydrogens is 342 g/mol. The summed E-state index contributed by atoms with van der Waals surface area (Å²) in [6.45, 7) is 5.98. The topological polar surface area (TPSA) is 35.6 Å². The van der Waals surface area contributed by atoms with Crippen LogP contribution in [-0.2, 0) is 6.42 Å². The Kier molecular flexibility index (Phi) is 5.43. The summed E-state index contributed by atoms with van der Waals surface area (Å²) in [5.74, 6) is -0.0560. The standard InChI is InChI=1S/C18H22ClN3OS/c1-3-13-6-11-24-17(13)18(23)20-15-12-14(19)4-5-16(15)22-9-7-21(2)8-10-22/h4-6,11-12H,3,7-10H2,1-2H3,(H,20,23). The minimum Gasteiger partial charge on any atom is -0.367 e. The van der Waals surface area contributed by atoms with E-state index >= 15 is 0 Å². The number of hydrogen-bond donors (Lipinski definition) is 1. The van der Waals surface area contributed by atoms with Crippen LogP contribution in [0.3, 0.4) is 0 Å². The number of thiophene rings is 1. The zero-order valence-corrected chi connectivity index (χ0v) is 15.6. The van der Waals surface area contributed by atoms with Gasteiger partial charge in [0, 0.05) is 31.2 Å². The smallest absolute Gasteiger partial charge is 0.266 e. The lowest BCUT2D eigenvalue weighted by atomic mass is 10.2. The lowest BCUT2D eigenvalue weighted by Gasteiger charge is -2.35. The van der Waals surface area contributed by atoms with Gasteiger partial charge in [-0.3, -0.25) is 4.79 Å². The van der Waals surface area contributed by atoms with Crippen LogP contribution in [0, 0.1) is 0 Å². The van der Waals surface area contributed by atoms with Crippen molar-refractivity contribution in [3.05, 3.63) is 45.1 Å². The first-order chi connectivity index (χ1) is 11.6. The molecule has 1 saturated heterocycles. The summed E-state index contributed by atoms with van der Waals surface area (Å²) in [4.78, 5) is 18.1. The molecule has 3 rings (SSSR count). The van der Waals surface area contributed by atoms with Gasteiger partial charge in [0.05, 0.1) is 16.3 Å². The highest BCUT2D eigenvalue weighted by atomic mass is 35.5. The van der Waals surface area contributed by atoms with Gasteiger partial charge >= 0.3 is 0 Å². The van der Waals surface area contributed by atoms with Crippen molar-refractivity contribution < 1.29 is 4.79 Å². The number of amides is 1. The largest absolute Gasteiger partial charge is 0.367 e. The molecule has 1 aliphatic rings. The fraction of sp³-hybridized carbons (Fsp3) is 0.389. The van der Waals surface area contributed by atoms with Crippen molar-refractivity contribution in [1.29, 1.82) is 0 Å². The highest BCUT2D eigenvalue weighted by Gasteiger charge is 2.20. The van der Waals surface area contributed by atoms with E-state index < -0.39 is 0 Å². The van der Waals surface area contributed by atoms with Crippen LogP contribution in [0.5, 0.6) is 0 Å². The molecule has 0 atom stereocenters. The Morgan fingerprint density at radius 1 is 1.25 bits per heavy atom. The second-order valence-electron chi connectivity index (χ2n) is 6.03. The number of rotatable bonds is 4. The number of piperazine rings is 1. The van der Waals surface area contributed by atoms with E-state index in [2.05, 4.69) is 29.1 Å². The van der Waals surface area contributed by atoms with Crippen LogP contribution in [-0.4, -0.2) is 44.0 Å². The van der Waals surface area contributed by atoms with Gasteiger partial charge in [-0.15, -0.1) is 11.3 Å². The van der Waals surface area contributed by atoms with Gasteiger partial charge in [-0.05, 0) is 48.7 Å². The number of aryl methyl sites for hydroxylation is 1.